The molecule has 1 unspecified atom stereocenters. The van der Waals surface area contributed by atoms with Gasteiger partial charge in [0.25, 0.3) is 0 Å². The van der Waals surface area contributed by atoms with Gasteiger partial charge in [-0.2, -0.15) is 0 Å². The third-order valence-corrected chi connectivity index (χ3v) is 2.39. The van der Waals surface area contributed by atoms with Gasteiger partial charge in [-0.1, -0.05) is 17.3 Å². The highest BCUT2D eigenvalue weighted by atomic mass is 16.6. The normalized spacial score (nSPS) is 12.9. The molecule has 1 aromatic rings. The van der Waals surface area contributed by atoms with Crippen LogP contribution in [0, 0.1) is 0 Å². The lowest BCUT2D eigenvalue weighted by atomic mass is 10.1. The zero-order valence-electron chi connectivity index (χ0n) is 11.0. The number of hydrogen-bond acceptors (Lipinski definition) is 5. The summed E-state index contributed by atoms with van der Waals surface area (Å²) < 4.78 is 5.47. The third kappa shape index (κ3) is 5.39. The van der Waals surface area contributed by atoms with Gasteiger partial charge in [-0.3, -0.25) is 4.79 Å². The van der Waals surface area contributed by atoms with Crippen LogP contribution in [0.3, 0.4) is 0 Å². The van der Waals surface area contributed by atoms with Crippen LogP contribution in [-0.2, 0) is 16.1 Å². The van der Waals surface area contributed by atoms with Crippen LogP contribution in [0.2, 0.25) is 0 Å². The molecule has 0 aliphatic carbocycles. The van der Waals surface area contributed by atoms with Crippen LogP contribution < -0.4 is 10.5 Å². The first-order valence-electron chi connectivity index (χ1n) is 5.79. The molecule has 104 valence electrons. The summed E-state index contributed by atoms with van der Waals surface area (Å²) in [7, 11) is 1.48. The molecule has 19 heavy (non-hydrogen) atoms. The molecule has 0 radical (unpaired) electrons. The number of aliphatic carboxylic acids is 1. The summed E-state index contributed by atoms with van der Waals surface area (Å²) in [5.41, 5.74) is 7.03. The van der Waals surface area contributed by atoms with Crippen molar-refractivity contribution in [1.82, 2.24) is 0 Å². The number of carboxylic acids is 1. The van der Waals surface area contributed by atoms with Gasteiger partial charge in [0.15, 0.2) is 0 Å². The van der Waals surface area contributed by atoms with E-state index in [9.17, 15) is 4.79 Å². The molecule has 0 bridgehead atoms. The number of hydrogen-bond donors (Lipinski definition) is 2. The molecule has 1 aromatic carbocycles. The number of nitrogens with two attached hydrogens (primary N) is 1. The number of ether oxygens (including phenoxy) is 1. The van der Waals surface area contributed by atoms with E-state index in [1.54, 1.807) is 31.2 Å². The predicted molar refractivity (Wildman–Crippen MR) is 71.4 cm³/mol. The average Bonchev–Trinajstić information content (AvgIpc) is 2.38. The van der Waals surface area contributed by atoms with Crippen molar-refractivity contribution in [2.75, 3.05) is 13.7 Å². The molecule has 1 rings (SSSR count). The predicted octanol–water partition coefficient (Wildman–Crippen LogP) is 1.04. The fraction of sp³-hybridized carbons (Fsp3) is 0.385. The van der Waals surface area contributed by atoms with Gasteiger partial charge in [0, 0.05) is 0 Å². The van der Waals surface area contributed by atoms with Crippen LogP contribution >= 0.6 is 0 Å². The van der Waals surface area contributed by atoms with Gasteiger partial charge in [-0.25, -0.2) is 0 Å². The maximum atomic E-state index is 10.6. The van der Waals surface area contributed by atoms with Crippen molar-refractivity contribution < 1.29 is 19.5 Å². The second-order valence-corrected chi connectivity index (χ2v) is 4.09. The summed E-state index contributed by atoms with van der Waals surface area (Å²) >= 11 is 0. The molecule has 6 heteroatoms. The molecule has 0 amide bonds. The van der Waals surface area contributed by atoms with E-state index in [0.717, 1.165) is 11.3 Å². The first-order chi connectivity index (χ1) is 9.02. The molecular formula is C13H18N2O4. The molecule has 0 aliphatic rings. The van der Waals surface area contributed by atoms with Crippen LogP contribution in [0.15, 0.2) is 29.4 Å². The largest absolute Gasteiger partial charge is 0.488 e. The number of carbonyl (C=O) groups is 1. The third-order valence-electron chi connectivity index (χ3n) is 2.39. The lowest BCUT2D eigenvalue weighted by molar-refractivity contribution is -0.138. The van der Waals surface area contributed by atoms with Crippen LogP contribution in [0.4, 0.5) is 0 Å². The Balaban J connectivity index is 2.52. The standard InChI is InChI=1S/C13H18N2O4/c1-9(15-18-2)8-19-11-5-3-10(4-6-11)7-12(14)13(16)17/h3-6,12H,7-8,14H2,1-2H3,(H,16,17)/b15-9+. The summed E-state index contributed by atoms with van der Waals surface area (Å²) in [6, 6.07) is 6.23. The van der Waals surface area contributed by atoms with Crippen molar-refractivity contribution >= 4 is 11.7 Å². The molecule has 6 nitrogen and oxygen atoms in total. The molecule has 0 saturated carbocycles. The summed E-state index contributed by atoms with van der Waals surface area (Å²) in [6.45, 7) is 2.13. The SMILES string of the molecule is CO/N=C(\C)COc1ccc(CC(N)C(=O)O)cc1. The topological polar surface area (TPSA) is 94.1 Å². The number of oxime groups is 1. The number of carboxylic acid groups (broad SMARTS) is 1. The van der Waals surface area contributed by atoms with Gasteiger partial charge >= 0.3 is 5.97 Å². The lowest BCUT2D eigenvalue weighted by Gasteiger charge is -2.08. The Morgan fingerprint density at radius 2 is 2.05 bits per heavy atom. The number of benzene rings is 1. The number of nitrogens with zero attached hydrogens (tertiary/aromatic N) is 1. The van der Waals surface area contributed by atoms with E-state index in [0.29, 0.717) is 18.8 Å². The summed E-state index contributed by atoms with van der Waals surface area (Å²) in [6.07, 6.45) is 0.291. The van der Waals surface area contributed by atoms with Gasteiger partial charge in [0.2, 0.25) is 0 Å². The van der Waals surface area contributed by atoms with Crippen molar-refractivity contribution in [3.05, 3.63) is 29.8 Å². The molecular weight excluding hydrogens is 248 g/mol. The zero-order valence-corrected chi connectivity index (χ0v) is 11.0. The summed E-state index contributed by atoms with van der Waals surface area (Å²) in [4.78, 5) is 15.3. The van der Waals surface area contributed by atoms with E-state index in [2.05, 4.69) is 9.99 Å². The zero-order chi connectivity index (χ0) is 14.3. The van der Waals surface area contributed by atoms with Gasteiger partial charge in [-0.05, 0) is 31.0 Å². The van der Waals surface area contributed by atoms with E-state index in [1.165, 1.54) is 7.11 Å². The Morgan fingerprint density at radius 3 is 2.58 bits per heavy atom. The van der Waals surface area contributed by atoms with Gasteiger partial charge in [0.05, 0.1) is 5.71 Å². The molecule has 3 N–H and O–H groups in total. The van der Waals surface area contributed by atoms with Crippen molar-refractivity contribution in [3.8, 4) is 5.75 Å². The summed E-state index contributed by atoms with van der Waals surface area (Å²) in [5.74, 6) is -0.329. The van der Waals surface area contributed by atoms with Gasteiger partial charge < -0.3 is 20.4 Å². The van der Waals surface area contributed by atoms with Crippen molar-refractivity contribution in [2.24, 2.45) is 10.9 Å². The smallest absolute Gasteiger partial charge is 0.320 e. The molecule has 0 fully saturated rings. The second-order valence-electron chi connectivity index (χ2n) is 4.09. The first-order valence-corrected chi connectivity index (χ1v) is 5.79. The van der Waals surface area contributed by atoms with E-state index < -0.39 is 12.0 Å². The van der Waals surface area contributed by atoms with Gasteiger partial charge in [0.1, 0.15) is 25.5 Å². The Labute approximate surface area is 111 Å². The highest BCUT2D eigenvalue weighted by molar-refractivity contribution is 5.82. The Bertz CT molecular complexity index is 442. The van der Waals surface area contributed by atoms with E-state index in [1.807, 2.05) is 0 Å². The molecule has 0 spiro atoms. The molecule has 0 heterocycles. The fourth-order valence-corrected chi connectivity index (χ4v) is 1.43. The molecule has 0 aromatic heterocycles. The Kier molecular flexibility index (Phi) is 5.81. The van der Waals surface area contributed by atoms with E-state index >= 15 is 0 Å². The minimum atomic E-state index is -1.01. The maximum absolute atomic E-state index is 10.6. The fourth-order valence-electron chi connectivity index (χ4n) is 1.43. The van der Waals surface area contributed by atoms with Crippen molar-refractivity contribution in [2.45, 2.75) is 19.4 Å². The van der Waals surface area contributed by atoms with E-state index in [-0.39, 0.29) is 0 Å². The van der Waals surface area contributed by atoms with Crippen LogP contribution in [0.1, 0.15) is 12.5 Å². The lowest BCUT2D eigenvalue weighted by Crippen LogP contribution is -2.32. The van der Waals surface area contributed by atoms with Crippen LogP contribution in [-0.4, -0.2) is 36.5 Å². The monoisotopic (exact) mass is 266 g/mol. The Morgan fingerprint density at radius 1 is 1.42 bits per heavy atom. The highest BCUT2D eigenvalue weighted by Gasteiger charge is 2.11. The average molecular weight is 266 g/mol. The quantitative estimate of drug-likeness (QED) is 0.568. The van der Waals surface area contributed by atoms with Gasteiger partial charge in [-0.15, -0.1) is 0 Å². The maximum Gasteiger partial charge on any atom is 0.320 e. The van der Waals surface area contributed by atoms with Crippen molar-refractivity contribution in [3.63, 3.8) is 0 Å². The number of rotatable bonds is 7. The molecule has 0 saturated heterocycles. The first kappa shape index (κ1) is 15.0. The highest BCUT2D eigenvalue weighted by Crippen LogP contribution is 2.13. The minimum absolute atomic E-state index is 0.291. The van der Waals surface area contributed by atoms with Crippen LogP contribution in [0.5, 0.6) is 5.75 Å². The molecule has 1 atom stereocenters. The van der Waals surface area contributed by atoms with Crippen LogP contribution in [0.25, 0.3) is 0 Å². The van der Waals surface area contributed by atoms with Crippen molar-refractivity contribution in [1.29, 1.82) is 0 Å². The summed E-state index contributed by atoms with van der Waals surface area (Å²) in [5, 5.41) is 12.4. The van der Waals surface area contributed by atoms with E-state index in [4.69, 9.17) is 15.6 Å². The second kappa shape index (κ2) is 7.38. The Hall–Kier alpha value is -2.08. The molecule has 0 aliphatic heterocycles. The minimum Gasteiger partial charge on any atom is -0.488 e.